The van der Waals surface area contributed by atoms with E-state index in [1.807, 2.05) is 0 Å². The van der Waals surface area contributed by atoms with Gasteiger partial charge in [0, 0.05) is 11.8 Å². The maximum Gasteiger partial charge on any atom is 0.419 e. The van der Waals surface area contributed by atoms with Crippen LogP contribution in [0.5, 0.6) is 0 Å². The first-order chi connectivity index (χ1) is 8.54. The quantitative estimate of drug-likeness (QED) is 0.772. The third kappa shape index (κ3) is 2.18. The highest BCUT2D eigenvalue weighted by Gasteiger charge is 2.37. The molecule has 0 aliphatic heterocycles. The molecular weight excluding hydrogens is 241 g/mol. The Morgan fingerprint density at radius 2 is 1.72 bits per heavy atom. The fourth-order valence-electron chi connectivity index (χ4n) is 1.66. The molecule has 0 radical (unpaired) electrons. The summed E-state index contributed by atoms with van der Waals surface area (Å²) in [5.41, 5.74) is -1.29. The monoisotopic (exact) mass is 248 g/mol. The molecule has 90 valence electrons. The zero-order valence-corrected chi connectivity index (χ0v) is 9.07. The van der Waals surface area contributed by atoms with E-state index in [1.54, 1.807) is 24.3 Å². The van der Waals surface area contributed by atoms with Crippen molar-refractivity contribution in [2.45, 2.75) is 6.18 Å². The molecule has 1 aromatic heterocycles. The summed E-state index contributed by atoms with van der Waals surface area (Å²) in [6.07, 6.45) is -3.40. The Bertz CT molecular complexity index is 598. The molecule has 0 saturated carbocycles. The van der Waals surface area contributed by atoms with Crippen molar-refractivity contribution in [3.05, 3.63) is 53.7 Å². The van der Waals surface area contributed by atoms with Crippen LogP contribution in [-0.4, -0.2) is 4.98 Å². The molecule has 0 atom stereocenters. The highest BCUT2D eigenvalue weighted by molar-refractivity contribution is 5.66. The van der Waals surface area contributed by atoms with Crippen molar-refractivity contribution in [2.24, 2.45) is 0 Å². The summed E-state index contributed by atoms with van der Waals surface area (Å²) in [5, 5.41) is 8.78. The van der Waals surface area contributed by atoms with Crippen LogP contribution in [0.25, 0.3) is 11.3 Å². The zero-order chi connectivity index (χ0) is 13.2. The molecular formula is C13H7F3N2. The first-order valence-corrected chi connectivity index (χ1v) is 5.06. The molecule has 0 amide bonds. The summed E-state index contributed by atoms with van der Waals surface area (Å²) in [6.45, 7) is 0. The van der Waals surface area contributed by atoms with Gasteiger partial charge in [0.1, 0.15) is 0 Å². The number of hydrogen-bond acceptors (Lipinski definition) is 2. The number of halogens is 3. The molecule has 0 aliphatic carbocycles. The van der Waals surface area contributed by atoms with Gasteiger partial charge in [-0.25, -0.2) is 0 Å². The van der Waals surface area contributed by atoms with Crippen LogP contribution in [0.1, 0.15) is 11.1 Å². The topological polar surface area (TPSA) is 36.7 Å². The van der Waals surface area contributed by atoms with E-state index < -0.39 is 17.3 Å². The van der Waals surface area contributed by atoms with Gasteiger partial charge in [0.15, 0.2) is 0 Å². The van der Waals surface area contributed by atoms with Gasteiger partial charge in [-0.15, -0.1) is 0 Å². The van der Waals surface area contributed by atoms with E-state index in [4.69, 9.17) is 5.26 Å². The van der Waals surface area contributed by atoms with Gasteiger partial charge in [-0.1, -0.05) is 30.3 Å². The van der Waals surface area contributed by atoms with E-state index in [2.05, 4.69) is 4.98 Å². The number of nitriles is 1. The minimum absolute atomic E-state index is 0.220. The predicted octanol–water partition coefficient (Wildman–Crippen LogP) is 3.64. The number of alkyl halides is 3. The van der Waals surface area contributed by atoms with Crippen LogP contribution in [0, 0.1) is 11.3 Å². The summed E-state index contributed by atoms with van der Waals surface area (Å²) in [4.78, 5) is 3.75. The number of pyridine rings is 1. The van der Waals surface area contributed by atoms with Crippen molar-refractivity contribution in [2.75, 3.05) is 0 Å². The van der Waals surface area contributed by atoms with Crippen LogP contribution in [0.3, 0.4) is 0 Å². The Kier molecular flexibility index (Phi) is 3.02. The fraction of sp³-hybridized carbons (Fsp3) is 0.0769. The Morgan fingerprint density at radius 3 is 2.28 bits per heavy atom. The van der Waals surface area contributed by atoms with Crippen LogP contribution in [0.15, 0.2) is 42.6 Å². The lowest BCUT2D eigenvalue weighted by Crippen LogP contribution is -2.11. The van der Waals surface area contributed by atoms with Crippen molar-refractivity contribution >= 4 is 0 Å². The molecule has 2 aromatic rings. The molecule has 0 unspecified atom stereocenters. The lowest BCUT2D eigenvalue weighted by atomic mass is 10.0. The van der Waals surface area contributed by atoms with Gasteiger partial charge in [0.25, 0.3) is 0 Å². The number of benzene rings is 1. The summed E-state index contributed by atoms with van der Waals surface area (Å²) < 4.78 is 39.0. The highest BCUT2D eigenvalue weighted by Crippen LogP contribution is 2.37. The summed E-state index contributed by atoms with van der Waals surface area (Å²) >= 11 is 0. The Hall–Kier alpha value is -2.35. The maximum absolute atomic E-state index is 13.0. The largest absolute Gasteiger partial charge is 0.419 e. The standard InChI is InChI=1S/C13H7F3N2/c14-13(15,16)11-10(8-17)6-7-18-12(11)9-4-2-1-3-5-9/h1-7H. The molecule has 0 spiro atoms. The molecule has 0 saturated heterocycles. The number of rotatable bonds is 1. The first-order valence-electron chi connectivity index (χ1n) is 5.06. The maximum atomic E-state index is 13.0. The van der Waals surface area contributed by atoms with Gasteiger partial charge in [-0.2, -0.15) is 18.4 Å². The van der Waals surface area contributed by atoms with E-state index in [0.29, 0.717) is 5.56 Å². The van der Waals surface area contributed by atoms with Gasteiger partial charge in [-0.3, -0.25) is 4.98 Å². The minimum atomic E-state index is -4.61. The third-order valence-electron chi connectivity index (χ3n) is 2.40. The molecule has 0 aliphatic rings. The lowest BCUT2D eigenvalue weighted by Gasteiger charge is -2.13. The average Bonchev–Trinajstić information content (AvgIpc) is 2.38. The normalized spacial score (nSPS) is 11.0. The van der Waals surface area contributed by atoms with Crippen LogP contribution < -0.4 is 0 Å². The lowest BCUT2D eigenvalue weighted by molar-refractivity contribution is -0.137. The third-order valence-corrected chi connectivity index (χ3v) is 2.40. The summed E-state index contributed by atoms with van der Waals surface area (Å²) in [6, 6.07) is 10.6. The van der Waals surface area contributed by atoms with Crippen LogP contribution in [0.2, 0.25) is 0 Å². The second kappa shape index (κ2) is 4.49. The molecule has 5 heteroatoms. The number of aromatic nitrogens is 1. The molecule has 18 heavy (non-hydrogen) atoms. The fourth-order valence-corrected chi connectivity index (χ4v) is 1.66. The van der Waals surface area contributed by atoms with Crippen molar-refractivity contribution in [3.63, 3.8) is 0 Å². The summed E-state index contributed by atoms with van der Waals surface area (Å²) in [7, 11) is 0. The Balaban J connectivity index is 2.73. The molecule has 0 N–H and O–H groups in total. The Labute approximate surface area is 101 Å². The molecule has 2 rings (SSSR count). The first kappa shape index (κ1) is 12.1. The second-order valence-corrected chi connectivity index (χ2v) is 3.56. The van der Waals surface area contributed by atoms with Crippen molar-refractivity contribution in [3.8, 4) is 17.3 Å². The van der Waals surface area contributed by atoms with E-state index in [-0.39, 0.29) is 5.69 Å². The van der Waals surface area contributed by atoms with Crippen molar-refractivity contribution in [1.82, 2.24) is 4.98 Å². The van der Waals surface area contributed by atoms with E-state index >= 15 is 0 Å². The van der Waals surface area contributed by atoms with Gasteiger partial charge in [-0.05, 0) is 6.07 Å². The van der Waals surface area contributed by atoms with Gasteiger partial charge in [0.2, 0.25) is 0 Å². The SMILES string of the molecule is N#Cc1ccnc(-c2ccccc2)c1C(F)(F)F. The van der Waals surface area contributed by atoms with Crippen LogP contribution >= 0.6 is 0 Å². The molecule has 2 nitrogen and oxygen atoms in total. The van der Waals surface area contributed by atoms with Crippen LogP contribution in [0.4, 0.5) is 13.2 Å². The molecule has 0 bridgehead atoms. The van der Waals surface area contributed by atoms with Gasteiger partial charge in [0.05, 0.1) is 22.9 Å². The van der Waals surface area contributed by atoms with E-state index in [0.717, 1.165) is 6.07 Å². The molecule has 0 fully saturated rings. The summed E-state index contributed by atoms with van der Waals surface area (Å²) in [5.74, 6) is 0. The molecule has 1 aromatic carbocycles. The highest BCUT2D eigenvalue weighted by atomic mass is 19.4. The average molecular weight is 248 g/mol. The van der Waals surface area contributed by atoms with Gasteiger partial charge >= 0.3 is 6.18 Å². The van der Waals surface area contributed by atoms with Gasteiger partial charge < -0.3 is 0 Å². The smallest absolute Gasteiger partial charge is 0.256 e. The minimum Gasteiger partial charge on any atom is -0.256 e. The zero-order valence-electron chi connectivity index (χ0n) is 9.07. The van der Waals surface area contributed by atoms with E-state index in [9.17, 15) is 13.2 Å². The Morgan fingerprint density at radius 1 is 1.06 bits per heavy atom. The van der Waals surface area contributed by atoms with Crippen molar-refractivity contribution in [1.29, 1.82) is 5.26 Å². The predicted molar refractivity (Wildman–Crippen MR) is 59.4 cm³/mol. The molecule has 1 heterocycles. The number of nitrogens with zero attached hydrogens (tertiary/aromatic N) is 2. The second-order valence-electron chi connectivity index (χ2n) is 3.56. The van der Waals surface area contributed by atoms with E-state index in [1.165, 1.54) is 18.3 Å². The van der Waals surface area contributed by atoms with Crippen LogP contribution in [-0.2, 0) is 6.18 Å². The number of hydrogen-bond donors (Lipinski definition) is 0. The van der Waals surface area contributed by atoms with Crippen molar-refractivity contribution < 1.29 is 13.2 Å².